The quantitative estimate of drug-likeness (QED) is 0.856. The molecule has 1 saturated carbocycles. The molecule has 0 amide bonds. The van der Waals surface area contributed by atoms with Crippen molar-refractivity contribution in [3.05, 3.63) is 18.0 Å². The van der Waals surface area contributed by atoms with E-state index in [1.165, 1.54) is 31.4 Å². The number of hydrogen-bond acceptors (Lipinski definition) is 2. The van der Waals surface area contributed by atoms with Crippen molar-refractivity contribution in [3.63, 3.8) is 0 Å². The Kier molecular flexibility index (Phi) is 5.64. The highest BCUT2D eigenvalue weighted by atomic mass is 15.3. The molecule has 1 heterocycles. The molecule has 1 aromatic rings. The van der Waals surface area contributed by atoms with Crippen LogP contribution in [-0.4, -0.2) is 15.8 Å². The lowest BCUT2D eigenvalue weighted by Gasteiger charge is -2.30. The maximum Gasteiger partial charge on any atom is 0.0640 e. The Morgan fingerprint density at radius 3 is 2.50 bits per heavy atom. The first-order valence-corrected chi connectivity index (χ1v) is 8.43. The third kappa shape index (κ3) is 3.85. The Hall–Kier alpha value is -0.830. The second kappa shape index (κ2) is 7.26. The van der Waals surface area contributed by atoms with Crippen molar-refractivity contribution in [3.8, 4) is 0 Å². The van der Waals surface area contributed by atoms with E-state index < -0.39 is 0 Å². The molecule has 1 fully saturated rings. The van der Waals surface area contributed by atoms with Crippen molar-refractivity contribution >= 4 is 0 Å². The number of rotatable bonds is 6. The smallest absolute Gasteiger partial charge is 0.0640 e. The summed E-state index contributed by atoms with van der Waals surface area (Å²) in [4.78, 5) is 0. The molecule has 0 aliphatic heterocycles. The monoisotopic (exact) mass is 277 g/mol. The van der Waals surface area contributed by atoms with Crippen molar-refractivity contribution in [1.82, 2.24) is 9.78 Å². The maximum atomic E-state index is 6.43. The topological polar surface area (TPSA) is 43.8 Å². The van der Waals surface area contributed by atoms with Crippen LogP contribution in [0, 0.1) is 11.8 Å². The summed E-state index contributed by atoms with van der Waals surface area (Å²) in [6.45, 7) is 6.81. The summed E-state index contributed by atoms with van der Waals surface area (Å²) < 4.78 is 2.13. The van der Waals surface area contributed by atoms with Gasteiger partial charge in [-0.15, -0.1) is 0 Å². The predicted octanol–water partition coefficient (Wildman–Crippen LogP) is 3.94. The molecule has 2 rings (SSSR count). The molecule has 1 aromatic heterocycles. The van der Waals surface area contributed by atoms with Gasteiger partial charge < -0.3 is 5.73 Å². The van der Waals surface area contributed by atoms with Crippen LogP contribution in [0.2, 0.25) is 0 Å². The molecule has 1 unspecified atom stereocenters. The molecular weight excluding hydrogens is 246 g/mol. The molecule has 0 radical (unpaired) electrons. The van der Waals surface area contributed by atoms with E-state index >= 15 is 0 Å². The molecule has 0 spiro atoms. The van der Waals surface area contributed by atoms with Crippen LogP contribution < -0.4 is 5.73 Å². The highest BCUT2D eigenvalue weighted by Crippen LogP contribution is 2.30. The van der Waals surface area contributed by atoms with E-state index in [1.54, 1.807) is 0 Å². The standard InChI is InChI=1S/C17H31N3/c1-4-16(5-2)20-11-10-15(19-20)12-17(18)14-8-6-13(3)7-9-14/h10-11,13-14,16-17H,4-9,12,18H2,1-3H3. The third-order valence-corrected chi connectivity index (χ3v) is 5.09. The van der Waals surface area contributed by atoms with Crippen LogP contribution >= 0.6 is 0 Å². The van der Waals surface area contributed by atoms with Gasteiger partial charge in [0.2, 0.25) is 0 Å². The summed E-state index contributed by atoms with van der Waals surface area (Å²) in [6.07, 6.45) is 10.6. The van der Waals surface area contributed by atoms with Gasteiger partial charge in [-0.05, 0) is 43.6 Å². The van der Waals surface area contributed by atoms with Gasteiger partial charge in [0.05, 0.1) is 11.7 Å². The van der Waals surface area contributed by atoms with Crippen molar-refractivity contribution < 1.29 is 0 Å². The molecule has 0 bridgehead atoms. The van der Waals surface area contributed by atoms with Crippen LogP contribution in [0.4, 0.5) is 0 Å². The molecule has 0 saturated heterocycles. The molecule has 0 aromatic carbocycles. The Balaban J connectivity index is 1.89. The second-order valence-corrected chi connectivity index (χ2v) is 6.65. The van der Waals surface area contributed by atoms with E-state index in [1.807, 2.05) is 0 Å². The number of hydrogen-bond donors (Lipinski definition) is 1. The van der Waals surface area contributed by atoms with E-state index in [-0.39, 0.29) is 6.04 Å². The van der Waals surface area contributed by atoms with Gasteiger partial charge >= 0.3 is 0 Å². The first kappa shape index (κ1) is 15.6. The van der Waals surface area contributed by atoms with Crippen molar-refractivity contribution in [2.24, 2.45) is 17.6 Å². The van der Waals surface area contributed by atoms with Crippen LogP contribution in [0.3, 0.4) is 0 Å². The highest BCUT2D eigenvalue weighted by Gasteiger charge is 2.24. The van der Waals surface area contributed by atoms with Gasteiger partial charge in [-0.3, -0.25) is 4.68 Å². The molecule has 1 atom stereocenters. The average Bonchev–Trinajstić information content (AvgIpc) is 2.89. The Bertz CT molecular complexity index is 387. The van der Waals surface area contributed by atoms with Crippen LogP contribution in [0.1, 0.15) is 71.0 Å². The largest absolute Gasteiger partial charge is 0.327 e. The Morgan fingerprint density at radius 2 is 1.90 bits per heavy atom. The summed E-state index contributed by atoms with van der Waals surface area (Å²) in [6, 6.07) is 2.98. The van der Waals surface area contributed by atoms with Gasteiger partial charge in [0, 0.05) is 18.7 Å². The molecular formula is C17H31N3. The number of nitrogens with zero attached hydrogens (tertiary/aromatic N) is 2. The fourth-order valence-corrected chi connectivity index (χ4v) is 3.47. The zero-order valence-electron chi connectivity index (χ0n) is 13.4. The van der Waals surface area contributed by atoms with Gasteiger partial charge in [0.15, 0.2) is 0 Å². The highest BCUT2D eigenvalue weighted by molar-refractivity contribution is 5.03. The van der Waals surface area contributed by atoms with Gasteiger partial charge in [0.1, 0.15) is 0 Å². The first-order valence-electron chi connectivity index (χ1n) is 8.43. The summed E-state index contributed by atoms with van der Waals surface area (Å²) in [5, 5.41) is 4.74. The minimum absolute atomic E-state index is 0.285. The SMILES string of the molecule is CCC(CC)n1ccc(CC(N)C2CCC(C)CC2)n1. The molecule has 1 aliphatic carbocycles. The zero-order chi connectivity index (χ0) is 14.5. The van der Waals surface area contributed by atoms with E-state index in [2.05, 4.69) is 37.7 Å². The predicted molar refractivity (Wildman–Crippen MR) is 84.6 cm³/mol. The van der Waals surface area contributed by atoms with Gasteiger partial charge in [0.25, 0.3) is 0 Å². The summed E-state index contributed by atoms with van der Waals surface area (Å²) in [5.74, 6) is 1.59. The molecule has 114 valence electrons. The van der Waals surface area contributed by atoms with Crippen LogP contribution in [0.25, 0.3) is 0 Å². The van der Waals surface area contributed by atoms with E-state index in [9.17, 15) is 0 Å². The van der Waals surface area contributed by atoms with Gasteiger partial charge in [-0.1, -0.05) is 33.6 Å². The summed E-state index contributed by atoms with van der Waals surface area (Å²) in [7, 11) is 0. The van der Waals surface area contributed by atoms with Gasteiger partial charge in [-0.25, -0.2) is 0 Å². The fourth-order valence-electron chi connectivity index (χ4n) is 3.47. The number of nitrogens with two attached hydrogens (primary N) is 1. The first-order chi connectivity index (χ1) is 9.63. The van der Waals surface area contributed by atoms with E-state index in [0.717, 1.165) is 25.2 Å². The lowest BCUT2D eigenvalue weighted by molar-refractivity contribution is 0.252. The van der Waals surface area contributed by atoms with Crippen LogP contribution in [0.5, 0.6) is 0 Å². The lowest BCUT2D eigenvalue weighted by atomic mass is 9.78. The summed E-state index contributed by atoms with van der Waals surface area (Å²) in [5.41, 5.74) is 7.60. The molecule has 2 N–H and O–H groups in total. The molecule has 3 nitrogen and oxygen atoms in total. The number of aromatic nitrogens is 2. The molecule has 20 heavy (non-hydrogen) atoms. The summed E-state index contributed by atoms with van der Waals surface area (Å²) >= 11 is 0. The van der Waals surface area contributed by atoms with Crippen molar-refractivity contribution in [2.45, 2.75) is 77.8 Å². The Labute approximate surface area is 123 Å². The normalized spacial score (nSPS) is 25.1. The lowest BCUT2D eigenvalue weighted by Crippen LogP contribution is -2.34. The zero-order valence-corrected chi connectivity index (χ0v) is 13.4. The minimum atomic E-state index is 0.285. The van der Waals surface area contributed by atoms with Gasteiger partial charge in [-0.2, -0.15) is 5.10 Å². The van der Waals surface area contributed by atoms with Crippen LogP contribution in [0.15, 0.2) is 12.3 Å². The maximum absolute atomic E-state index is 6.43. The van der Waals surface area contributed by atoms with Crippen molar-refractivity contribution in [1.29, 1.82) is 0 Å². The fraction of sp³-hybridized carbons (Fsp3) is 0.824. The van der Waals surface area contributed by atoms with Crippen LogP contribution in [-0.2, 0) is 6.42 Å². The molecule has 3 heteroatoms. The average molecular weight is 277 g/mol. The second-order valence-electron chi connectivity index (χ2n) is 6.65. The minimum Gasteiger partial charge on any atom is -0.327 e. The van der Waals surface area contributed by atoms with E-state index in [0.29, 0.717) is 12.0 Å². The van der Waals surface area contributed by atoms with E-state index in [4.69, 9.17) is 10.8 Å². The van der Waals surface area contributed by atoms with Crippen molar-refractivity contribution in [2.75, 3.05) is 0 Å². The molecule has 1 aliphatic rings. The third-order valence-electron chi connectivity index (χ3n) is 5.09. The Morgan fingerprint density at radius 1 is 1.25 bits per heavy atom.